The van der Waals surface area contributed by atoms with Crippen molar-refractivity contribution in [2.75, 3.05) is 13.1 Å². The van der Waals surface area contributed by atoms with Gasteiger partial charge < -0.3 is 10.6 Å². The fraction of sp³-hybridized carbons (Fsp3) is 0.308. The molecular weight excluding hydrogens is 278 g/mol. The highest BCUT2D eigenvalue weighted by Crippen LogP contribution is 2.20. The van der Waals surface area contributed by atoms with Gasteiger partial charge in [0, 0.05) is 5.56 Å². The predicted octanol–water partition coefficient (Wildman–Crippen LogP) is -0.455. The maximum Gasteiger partial charge on any atom is 0.266 e. The Morgan fingerprint density at radius 1 is 1.60 bits per heavy atom. The number of nitrogens with one attached hydrogen (secondary N) is 1. The number of hydrogen-bond acceptors (Lipinski definition) is 5. The van der Waals surface area contributed by atoms with Gasteiger partial charge in [0.05, 0.1) is 6.54 Å². The number of thiophene rings is 1. The van der Waals surface area contributed by atoms with Gasteiger partial charge in [-0.05, 0) is 18.4 Å². The minimum Gasteiger partial charge on any atom is -0.320 e. The van der Waals surface area contributed by atoms with Gasteiger partial charge in [-0.15, -0.1) is 11.3 Å². The summed E-state index contributed by atoms with van der Waals surface area (Å²) in [4.78, 5) is 37.1. The zero-order valence-electron chi connectivity index (χ0n) is 10.8. The summed E-state index contributed by atoms with van der Waals surface area (Å²) in [7, 11) is 0. The van der Waals surface area contributed by atoms with E-state index in [2.05, 4.69) is 17.2 Å². The van der Waals surface area contributed by atoms with Crippen molar-refractivity contribution in [1.82, 2.24) is 10.2 Å². The Hall–Kier alpha value is -2.17. The molecule has 3 N–H and O–H groups in total. The predicted molar refractivity (Wildman–Crippen MR) is 73.9 cm³/mol. The summed E-state index contributed by atoms with van der Waals surface area (Å²) >= 11 is 1.23. The van der Waals surface area contributed by atoms with E-state index >= 15 is 0 Å². The van der Waals surface area contributed by atoms with E-state index in [0.717, 1.165) is 0 Å². The molecule has 20 heavy (non-hydrogen) atoms. The normalized spacial score (nSPS) is 18.3. The van der Waals surface area contributed by atoms with Gasteiger partial charge in [0.2, 0.25) is 11.8 Å². The molecule has 3 amide bonds. The van der Waals surface area contributed by atoms with E-state index in [-0.39, 0.29) is 19.0 Å². The van der Waals surface area contributed by atoms with Gasteiger partial charge in [0.1, 0.15) is 17.5 Å². The van der Waals surface area contributed by atoms with Crippen LogP contribution >= 0.6 is 11.3 Å². The van der Waals surface area contributed by atoms with Crippen molar-refractivity contribution in [1.29, 1.82) is 0 Å². The van der Waals surface area contributed by atoms with Crippen LogP contribution in [0.4, 0.5) is 0 Å². The molecule has 1 aromatic rings. The monoisotopic (exact) mass is 291 g/mol. The van der Waals surface area contributed by atoms with Crippen LogP contribution in [0.3, 0.4) is 0 Å². The van der Waals surface area contributed by atoms with Gasteiger partial charge in [-0.2, -0.15) is 0 Å². The molecule has 6 nitrogen and oxygen atoms in total. The third kappa shape index (κ3) is 2.71. The summed E-state index contributed by atoms with van der Waals surface area (Å²) in [6, 6.07) is 1.04. The van der Waals surface area contributed by atoms with E-state index in [4.69, 9.17) is 5.73 Å². The minimum atomic E-state index is -0.683. The van der Waals surface area contributed by atoms with E-state index < -0.39 is 17.9 Å². The summed E-state index contributed by atoms with van der Waals surface area (Å²) in [6.45, 7) is 1.65. The second-order valence-electron chi connectivity index (χ2n) is 4.19. The molecule has 1 unspecified atom stereocenters. The van der Waals surface area contributed by atoms with Gasteiger partial charge in [0.25, 0.3) is 5.91 Å². The highest BCUT2D eigenvalue weighted by atomic mass is 32.1. The van der Waals surface area contributed by atoms with Gasteiger partial charge in [-0.1, -0.05) is 11.8 Å². The van der Waals surface area contributed by atoms with Gasteiger partial charge >= 0.3 is 0 Å². The van der Waals surface area contributed by atoms with Crippen LogP contribution in [0, 0.1) is 11.8 Å². The lowest BCUT2D eigenvalue weighted by Crippen LogP contribution is -2.58. The van der Waals surface area contributed by atoms with Crippen LogP contribution < -0.4 is 11.1 Å². The summed E-state index contributed by atoms with van der Waals surface area (Å²) in [5.41, 5.74) is 5.88. The van der Waals surface area contributed by atoms with Crippen LogP contribution in [0.15, 0.2) is 11.4 Å². The maximum atomic E-state index is 12.5. The van der Waals surface area contributed by atoms with E-state index in [9.17, 15) is 14.4 Å². The fourth-order valence-electron chi connectivity index (χ4n) is 1.81. The number of carbonyl (C=O) groups excluding carboxylic acids is 3. The third-order valence-corrected chi connectivity index (χ3v) is 3.77. The third-order valence-electron chi connectivity index (χ3n) is 2.87. The first-order valence-electron chi connectivity index (χ1n) is 5.95. The first kappa shape index (κ1) is 14.2. The number of amides is 3. The molecule has 1 aliphatic heterocycles. The van der Waals surface area contributed by atoms with Crippen LogP contribution in [0.5, 0.6) is 0 Å². The van der Waals surface area contributed by atoms with Gasteiger partial charge in [-0.3, -0.25) is 19.7 Å². The molecule has 0 aliphatic carbocycles. The number of piperazine rings is 1. The second-order valence-corrected chi connectivity index (χ2v) is 5.11. The molecule has 2 heterocycles. The molecule has 0 bridgehead atoms. The maximum absolute atomic E-state index is 12.5. The Bertz CT molecular complexity index is 626. The van der Waals surface area contributed by atoms with Crippen molar-refractivity contribution in [2.24, 2.45) is 5.73 Å². The van der Waals surface area contributed by atoms with Crippen LogP contribution in [-0.2, 0) is 9.59 Å². The zero-order chi connectivity index (χ0) is 14.7. The molecule has 1 saturated heterocycles. The fourth-order valence-corrected chi connectivity index (χ4v) is 2.62. The number of rotatable bonds is 1. The SMILES string of the molecule is CC1C(=O)NC(=O)CN1C(=O)c1sccc1C#CCN. The molecule has 0 saturated carbocycles. The number of carbonyl (C=O) groups is 3. The van der Waals surface area contributed by atoms with E-state index in [0.29, 0.717) is 10.4 Å². The molecule has 1 aromatic heterocycles. The standard InChI is InChI=1S/C13H13N3O3S/c1-8-12(18)15-10(17)7-16(8)13(19)11-9(3-2-5-14)4-6-20-11/h4,6,8H,5,7,14H2,1H3,(H,15,17,18). The lowest BCUT2D eigenvalue weighted by atomic mass is 10.1. The topological polar surface area (TPSA) is 92.5 Å². The molecule has 0 spiro atoms. The van der Waals surface area contributed by atoms with E-state index in [1.807, 2.05) is 0 Å². The molecule has 0 aromatic carbocycles. The van der Waals surface area contributed by atoms with Crippen LogP contribution in [-0.4, -0.2) is 41.8 Å². The molecule has 0 radical (unpaired) electrons. The quantitative estimate of drug-likeness (QED) is 0.541. The average Bonchev–Trinajstić information content (AvgIpc) is 2.88. The van der Waals surface area contributed by atoms with Crippen molar-refractivity contribution in [3.8, 4) is 11.8 Å². The second kappa shape index (κ2) is 5.86. The molecule has 1 aliphatic rings. The molecular formula is C13H13N3O3S. The molecule has 1 atom stereocenters. The van der Waals surface area contributed by atoms with Gasteiger partial charge in [0.15, 0.2) is 0 Å². The Morgan fingerprint density at radius 3 is 3.05 bits per heavy atom. The zero-order valence-corrected chi connectivity index (χ0v) is 11.6. The summed E-state index contributed by atoms with van der Waals surface area (Å²) in [5, 5.41) is 3.94. The Labute approximate surface area is 119 Å². The van der Waals surface area contributed by atoms with Gasteiger partial charge in [-0.25, -0.2) is 0 Å². The average molecular weight is 291 g/mol. The minimum absolute atomic E-state index is 0.132. The highest BCUT2D eigenvalue weighted by molar-refractivity contribution is 7.12. The lowest BCUT2D eigenvalue weighted by Gasteiger charge is -2.31. The van der Waals surface area contributed by atoms with E-state index in [1.165, 1.54) is 16.2 Å². The smallest absolute Gasteiger partial charge is 0.266 e. The summed E-state index contributed by atoms with van der Waals surface area (Å²) in [5.74, 6) is 4.18. The first-order valence-corrected chi connectivity index (χ1v) is 6.83. The highest BCUT2D eigenvalue weighted by Gasteiger charge is 2.35. The van der Waals surface area contributed by atoms with Crippen LogP contribution in [0.2, 0.25) is 0 Å². The molecule has 2 rings (SSSR count). The first-order chi connectivity index (χ1) is 9.54. The van der Waals surface area contributed by atoms with Crippen LogP contribution in [0.25, 0.3) is 0 Å². The molecule has 1 fully saturated rings. The summed E-state index contributed by atoms with van der Waals surface area (Å²) in [6.07, 6.45) is 0. The molecule has 104 valence electrons. The van der Waals surface area contributed by atoms with Crippen molar-refractivity contribution < 1.29 is 14.4 Å². The number of nitrogens with two attached hydrogens (primary N) is 1. The Kier molecular flexibility index (Phi) is 4.17. The molecule has 7 heteroatoms. The van der Waals surface area contributed by atoms with Crippen LogP contribution in [0.1, 0.15) is 22.2 Å². The van der Waals surface area contributed by atoms with Crippen molar-refractivity contribution in [2.45, 2.75) is 13.0 Å². The lowest BCUT2D eigenvalue weighted by molar-refractivity contribution is -0.138. The van der Waals surface area contributed by atoms with E-state index in [1.54, 1.807) is 18.4 Å². The van der Waals surface area contributed by atoms with Crippen molar-refractivity contribution >= 4 is 29.1 Å². The summed E-state index contributed by atoms with van der Waals surface area (Å²) < 4.78 is 0. The Balaban J connectivity index is 2.29. The number of hydrogen-bond donors (Lipinski definition) is 2. The van der Waals surface area contributed by atoms with Crippen molar-refractivity contribution in [3.63, 3.8) is 0 Å². The number of imide groups is 1. The number of nitrogens with zero attached hydrogens (tertiary/aromatic N) is 1. The largest absolute Gasteiger partial charge is 0.320 e. The Morgan fingerprint density at radius 2 is 2.35 bits per heavy atom. The van der Waals surface area contributed by atoms with Crippen molar-refractivity contribution in [3.05, 3.63) is 21.9 Å².